The number of hydrogen-bond donors (Lipinski definition) is 1. The van der Waals surface area contributed by atoms with Crippen LogP contribution in [0.1, 0.15) is 59.5 Å². The van der Waals surface area contributed by atoms with Crippen LogP contribution in [0.25, 0.3) is 0 Å². The van der Waals surface area contributed by atoms with Crippen LogP contribution < -0.4 is 0 Å². The third-order valence-electron chi connectivity index (χ3n) is 4.15. The zero-order valence-corrected chi connectivity index (χ0v) is 16.1. The van der Waals surface area contributed by atoms with Crippen molar-refractivity contribution < 1.29 is 29.2 Å². The lowest BCUT2D eigenvalue weighted by Gasteiger charge is -2.23. The maximum Gasteiger partial charge on any atom is 0.373 e. The molecule has 0 aromatic heterocycles. The summed E-state index contributed by atoms with van der Waals surface area (Å²) in [6, 6.07) is 13.1. The van der Waals surface area contributed by atoms with Crippen LogP contribution in [0.2, 0.25) is 0 Å². The normalized spacial score (nSPS) is 11.8. The third kappa shape index (κ3) is 5.15. The molecule has 2 aromatic carbocycles. The average molecular weight is 372 g/mol. The Labute approximate surface area is 158 Å². The summed E-state index contributed by atoms with van der Waals surface area (Å²) in [6.07, 6.45) is 0. The number of esters is 1. The number of methoxy groups -OCH3 is 1. The van der Waals surface area contributed by atoms with Gasteiger partial charge in [-0.25, -0.2) is 9.59 Å². The molecule has 6 heteroatoms. The Morgan fingerprint density at radius 1 is 0.778 bits per heavy atom. The van der Waals surface area contributed by atoms with Gasteiger partial charge >= 0.3 is 11.9 Å². The summed E-state index contributed by atoms with van der Waals surface area (Å²) in [7, 11) is 1.32. The zero-order valence-electron chi connectivity index (χ0n) is 16.1. The maximum atomic E-state index is 12.2. The molecule has 2 aromatic rings. The summed E-state index contributed by atoms with van der Waals surface area (Å²) < 4.78 is 4.66. The van der Waals surface area contributed by atoms with Crippen LogP contribution in [0, 0.1) is 0 Å². The van der Waals surface area contributed by atoms with Crippen LogP contribution in [-0.2, 0) is 25.7 Å². The molecule has 0 bridgehead atoms. The molecule has 0 fully saturated rings. The van der Waals surface area contributed by atoms with E-state index in [0.717, 1.165) is 5.56 Å². The smallest absolute Gasteiger partial charge is 0.373 e. The molecule has 0 heterocycles. The second-order valence-electron chi connectivity index (χ2n) is 7.17. The molecule has 0 aliphatic rings. The summed E-state index contributed by atoms with van der Waals surface area (Å²) in [6.45, 7) is 6.81. The standard InChI is InChI=1S/C21H24O6/c1-20(2,24)16-10-6-15(7-11-16)19(23)26-27-21(3,4)17-12-8-14(9-13-17)18(22)25-5/h6-13,24H,1-5H3. The van der Waals surface area contributed by atoms with Gasteiger partial charge in [0.2, 0.25) is 0 Å². The first kappa shape index (κ1) is 20.6. The second kappa shape index (κ2) is 7.90. The summed E-state index contributed by atoms with van der Waals surface area (Å²) in [4.78, 5) is 34.0. The summed E-state index contributed by atoms with van der Waals surface area (Å²) in [5.74, 6) is -1.07. The van der Waals surface area contributed by atoms with Crippen LogP contribution in [0.3, 0.4) is 0 Å². The Hall–Kier alpha value is -2.70. The lowest BCUT2D eigenvalue weighted by atomic mass is 9.97. The Balaban J connectivity index is 2.03. The van der Waals surface area contributed by atoms with Crippen molar-refractivity contribution >= 4 is 11.9 Å². The predicted octanol–water partition coefficient (Wildman–Crippen LogP) is 3.72. The minimum Gasteiger partial charge on any atom is -0.465 e. The van der Waals surface area contributed by atoms with Gasteiger partial charge in [0.05, 0.1) is 23.8 Å². The highest BCUT2D eigenvalue weighted by atomic mass is 17.2. The number of hydrogen-bond acceptors (Lipinski definition) is 6. The van der Waals surface area contributed by atoms with E-state index in [1.165, 1.54) is 7.11 Å². The van der Waals surface area contributed by atoms with Crippen molar-refractivity contribution in [3.63, 3.8) is 0 Å². The van der Waals surface area contributed by atoms with Gasteiger partial charge in [0.15, 0.2) is 0 Å². The number of aliphatic hydroxyl groups is 1. The molecule has 0 saturated heterocycles. The molecule has 27 heavy (non-hydrogen) atoms. The van der Waals surface area contributed by atoms with Gasteiger partial charge < -0.3 is 9.84 Å². The van der Waals surface area contributed by atoms with Crippen molar-refractivity contribution in [2.75, 3.05) is 7.11 Å². The van der Waals surface area contributed by atoms with Gasteiger partial charge in [-0.15, -0.1) is 0 Å². The van der Waals surface area contributed by atoms with Crippen molar-refractivity contribution in [3.05, 3.63) is 70.8 Å². The molecule has 0 spiro atoms. The molecule has 0 aliphatic heterocycles. The predicted molar refractivity (Wildman–Crippen MR) is 99.0 cm³/mol. The number of rotatable bonds is 6. The van der Waals surface area contributed by atoms with Crippen molar-refractivity contribution in [1.29, 1.82) is 0 Å². The Morgan fingerprint density at radius 3 is 1.67 bits per heavy atom. The molecule has 0 atom stereocenters. The van der Waals surface area contributed by atoms with Crippen LogP contribution in [-0.4, -0.2) is 24.2 Å². The fraction of sp³-hybridized carbons (Fsp3) is 0.333. The topological polar surface area (TPSA) is 82.1 Å². The molecule has 0 aliphatic carbocycles. The maximum absolute atomic E-state index is 12.2. The van der Waals surface area contributed by atoms with Crippen molar-refractivity contribution in [2.45, 2.75) is 38.9 Å². The molecule has 0 radical (unpaired) electrons. The number of ether oxygens (including phenoxy) is 1. The number of carbonyl (C=O) groups is 2. The molecule has 0 unspecified atom stereocenters. The van der Waals surface area contributed by atoms with E-state index >= 15 is 0 Å². The highest BCUT2D eigenvalue weighted by molar-refractivity contribution is 5.89. The molecule has 1 N–H and O–H groups in total. The number of carbonyl (C=O) groups excluding carboxylic acids is 2. The van der Waals surface area contributed by atoms with Crippen LogP contribution in [0.15, 0.2) is 48.5 Å². The second-order valence-corrected chi connectivity index (χ2v) is 7.17. The van der Waals surface area contributed by atoms with Gasteiger partial charge in [0, 0.05) is 0 Å². The van der Waals surface area contributed by atoms with Crippen molar-refractivity contribution in [2.24, 2.45) is 0 Å². The molecule has 144 valence electrons. The quantitative estimate of drug-likeness (QED) is 0.473. The monoisotopic (exact) mass is 372 g/mol. The first-order valence-corrected chi connectivity index (χ1v) is 8.46. The molecular formula is C21H24O6. The van der Waals surface area contributed by atoms with E-state index in [1.807, 2.05) is 0 Å². The fourth-order valence-corrected chi connectivity index (χ4v) is 2.38. The molecule has 0 amide bonds. The van der Waals surface area contributed by atoms with Gasteiger partial charge in [-0.05, 0) is 63.1 Å². The number of benzene rings is 2. The lowest BCUT2D eigenvalue weighted by Crippen LogP contribution is -2.24. The molecule has 6 nitrogen and oxygen atoms in total. The van der Waals surface area contributed by atoms with E-state index in [-0.39, 0.29) is 0 Å². The summed E-state index contributed by atoms with van der Waals surface area (Å²) in [5.41, 5.74) is 0.223. The molecule has 0 saturated carbocycles. The molecular weight excluding hydrogens is 348 g/mol. The Kier molecular flexibility index (Phi) is 6.03. The van der Waals surface area contributed by atoms with E-state index in [9.17, 15) is 14.7 Å². The summed E-state index contributed by atoms with van der Waals surface area (Å²) >= 11 is 0. The lowest BCUT2D eigenvalue weighted by molar-refractivity contribution is -0.312. The Morgan fingerprint density at radius 2 is 1.22 bits per heavy atom. The van der Waals surface area contributed by atoms with Gasteiger partial charge in [-0.2, -0.15) is 4.89 Å². The van der Waals surface area contributed by atoms with Crippen molar-refractivity contribution in [3.8, 4) is 0 Å². The first-order valence-electron chi connectivity index (χ1n) is 8.46. The Bertz CT molecular complexity index is 798. The minimum atomic E-state index is -0.989. The average Bonchev–Trinajstić information content (AvgIpc) is 2.65. The third-order valence-corrected chi connectivity index (χ3v) is 4.15. The van der Waals surface area contributed by atoms with Gasteiger partial charge in [-0.1, -0.05) is 24.3 Å². The van der Waals surface area contributed by atoms with E-state index < -0.39 is 23.1 Å². The minimum absolute atomic E-state index is 0.305. The van der Waals surface area contributed by atoms with Crippen LogP contribution in [0.5, 0.6) is 0 Å². The SMILES string of the molecule is COC(=O)c1ccc(C(C)(C)OOC(=O)c2ccc(C(C)(C)O)cc2)cc1. The van der Waals surface area contributed by atoms with E-state index in [1.54, 1.807) is 76.2 Å². The molecule has 2 rings (SSSR count). The van der Waals surface area contributed by atoms with E-state index in [4.69, 9.17) is 9.78 Å². The van der Waals surface area contributed by atoms with Gasteiger partial charge in [-0.3, -0.25) is 4.89 Å². The van der Waals surface area contributed by atoms with E-state index in [0.29, 0.717) is 16.7 Å². The van der Waals surface area contributed by atoms with E-state index in [2.05, 4.69) is 4.74 Å². The van der Waals surface area contributed by atoms with Crippen molar-refractivity contribution in [1.82, 2.24) is 0 Å². The first-order chi connectivity index (χ1) is 12.5. The highest BCUT2D eigenvalue weighted by Gasteiger charge is 2.26. The van der Waals surface area contributed by atoms with Crippen LogP contribution >= 0.6 is 0 Å². The highest BCUT2D eigenvalue weighted by Crippen LogP contribution is 2.26. The zero-order chi connectivity index (χ0) is 20.2. The van der Waals surface area contributed by atoms with Gasteiger partial charge in [0.1, 0.15) is 5.60 Å². The van der Waals surface area contributed by atoms with Gasteiger partial charge in [0.25, 0.3) is 0 Å². The fourth-order valence-electron chi connectivity index (χ4n) is 2.38. The largest absolute Gasteiger partial charge is 0.465 e. The van der Waals surface area contributed by atoms with Crippen LogP contribution in [0.4, 0.5) is 0 Å². The summed E-state index contributed by atoms with van der Waals surface area (Å²) in [5, 5.41) is 9.95.